The van der Waals surface area contributed by atoms with E-state index in [1.807, 2.05) is 0 Å². The average Bonchev–Trinajstić information content (AvgIpc) is 3.03. The number of carbonyl (C=O) groups is 1. The summed E-state index contributed by atoms with van der Waals surface area (Å²) >= 11 is 0. The number of rotatable bonds is 4. The Morgan fingerprint density at radius 2 is 2.45 bits per heavy atom. The number of benzene rings is 1. The molecule has 6 heteroatoms. The van der Waals surface area contributed by atoms with Crippen LogP contribution in [-0.4, -0.2) is 37.2 Å². The molecule has 6 nitrogen and oxygen atoms in total. The standard InChI is InChI=1S/C14H17N3O3/c1-19-8-9-4-3-7-17(9)14-16-12-10(13(15)18)5-2-6-11(12)20-14/h2,5-6,9H,3-4,7-8H2,1H3,(H2,15,18). The number of nitrogens with two attached hydrogens (primary N) is 1. The van der Waals surface area contributed by atoms with Gasteiger partial charge in [-0.05, 0) is 25.0 Å². The number of para-hydroxylation sites is 1. The highest BCUT2D eigenvalue weighted by molar-refractivity contribution is 6.03. The summed E-state index contributed by atoms with van der Waals surface area (Å²) in [7, 11) is 1.69. The number of nitrogens with zero attached hydrogens (tertiary/aromatic N) is 2. The van der Waals surface area contributed by atoms with Crippen molar-refractivity contribution in [2.75, 3.05) is 25.2 Å². The van der Waals surface area contributed by atoms with Gasteiger partial charge in [0.25, 0.3) is 11.9 Å². The van der Waals surface area contributed by atoms with E-state index in [0.717, 1.165) is 19.4 Å². The molecule has 20 heavy (non-hydrogen) atoms. The van der Waals surface area contributed by atoms with Gasteiger partial charge in [0.05, 0.1) is 18.2 Å². The van der Waals surface area contributed by atoms with Gasteiger partial charge >= 0.3 is 0 Å². The van der Waals surface area contributed by atoms with Crippen LogP contribution in [0.5, 0.6) is 0 Å². The Hall–Kier alpha value is -2.08. The first-order chi connectivity index (χ1) is 9.70. The summed E-state index contributed by atoms with van der Waals surface area (Å²) < 4.78 is 11.0. The highest BCUT2D eigenvalue weighted by Gasteiger charge is 2.28. The van der Waals surface area contributed by atoms with Crippen molar-refractivity contribution in [1.29, 1.82) is 0 Å². The number of carbonyl (C=O) groups excluding carboxylic acids is 1. The fourth-order valence-electron chi connectivity index (χ4n) is 2.71. The fraction of sp³-hybridized carbons (Fsp3) is 0.429. The van der Waals surface area contributed by atoms with Crippen LogP contribution < -0.4 is 10.6 Å². The molecule has 3 rings (SSSR count). The quantitative estimate of drug-likeness (QED) is 0.915. The number of methoxy groups -OCH3 is 1. The Kier molecular flexibility index (Phi) is 3.31. The zero-order chi connectivity index (χ0) is 14.1. The molecule has 0 spiro atoms. The Bertz CT molecular complexity index is 638. The van der Waals surface area contributed by atoms with Crippen LogP contribution in [0.25, 0.3) is 11.1 Å². The molecule has 0 radical (unpaired) electrons. The van der Waals surface area contributed by atoms with Crippen molar-refractivity contribution in [3.8, 4) is 0 Å². The summed E-state index contributed by atoms with van der Waals surface area (Å²) in [5.41, 5.74) is 6.86. The van der Waals surface area contributed by atoms with Crippen LogP contribution >= 0.6 is 0 Å². The number of aromatic nitrogens is 1. The van der Waals surface area contributed by atoms with Crippen molar-refractivity contribution >= 4 is 23.0 Å². The summed E-state index contributed by atoms with van der Waals surface area (Å²) in [6.45, 7) is 1.52. The van der Waals surface area contributed by atoms with Crippen LogP contribution in [-0.2, 0) is 4.74 Å². The van der Waals surface area contributed by atoms with E-state index in [1.54, 1.807) is 25.3 Å². The number of amides is 1. The molecule has 1 aliphatic rings. The Labute approximate surface area is 116 Å². The first kappa shape index (κ1) is 12.9. The third kappa shape index (κ3) is 2.12. The van der Waals surface area contributed by atoms with E-state index in [2.05, 4.69) is 9.88 Å². The number of oxazole rings is 1. The minimum absolute atomic E-state index is 0.269. The number of hydrogen-bond acceptors (Lipinski definition) is 5. The number of ether oxygens (including phenoxy) is 1. The van der Waals surface area contributed by atoms with Crippen LogP contribution in [0.2, 0.25) is 0 Å². The Morgan fingerprint density at radius 3 is 3.20 bits per heavy atom. The topological polar surface area (TPSA) is 81.6 Å². The van der Waals surface area contributed by atoms with Crippen LogP contribution in [0.4, 0.5) is 6.01 Å². The molecule has 0 saturated carbocycles. The molecular formula is C14H17N3O3. The van der Waals surface area contributed by atoms with E-state index in [9.17, 15) is 4.79 Å². The molecule has 2 aromatic rings. The second-order valence-electron chi connectivity index (χ2n) is 4.96. The van der Waals surface area contributed by atoms with Gasteiger partial charge in [-0.25, -0.2) is 0 Å². The molecule has 1 amide bonds. The molecule has 1 unspecified atom stereocenters. The molecule has 1 saturated heterocycles. The second kappa shape index (κ2) is 5.13. The minimum atomic E-state index is -0.495. The van der Waals surface area contributed by atoms with Crippen LogP contribution in [0.15, 0.2) is 22.6 Å². The lowest BCUT2D eigenvalue weighted by Crippen LogP contribution is -2.32. The first-order valence-corrected chi connectivity index (χ1v) is 6.65. The van der Waals surface area contributed by atoms with Crippen molar-refractivity contribution < 1.29 is 13.9 Å². The number of fused-ring (bicyclic) bond motifs is 1. The van der Waals surface area contributed by atoms with Gasteiger partial charge in [-0.15, -0.1) is 0 Å². The monoisotopic (exact) mass is 275 g/mol. The van der Waals surface area contributed by atoms with Crippen LogP contribution in [0.1, 0.15) is 23.2 Å². The highest BCUT2D eigenvalue weighted by atomic mass is 16.5. The molecule has 2 heterocycles. The van der Waals surface area contributed by atoms with Gasteiger partial charge in [-0.1, -0.05) is 6.07 Å². The number of hydrogen-bond donors (Lipinski definition) is 1. The van der Waals surface area contributed by atoms with Gasteiger partial charge in [0.15, 0.2) is 5.58 Å². The van der Waals surface area contributed by atoms with E-state index in [0.29, 0.717) is 29.3 Å². The van der Waals surface area contributed by atoms with Crippen molar-refractivity contribution in [3.05, 3.63) is 23.8 Å². The van der Waals surface area contributed by atoms with Gasteiger partial charge in [-0.2, -0.15) is 4.98 Å². The third-order valence-electron chi connectivity index (χ3n) is 3.66. The lowest BCUT2D eigenvalue weighted by atomic mass is 10.2. The van der Waals surface area contributed by atoms with E-state index in [-0.39, 0.29) is 6.04 Å². The van der Waals surface area contributed by atoms with Gasteiger partial charge in [0.1, 0.15) is 5.52 Å². The van der Waals surface area contributed by atoms with E-state index < -0.39 is 5.91 Å². The molecule has 1 aromatic carbocycles. The molecule has 1 aliphatic heterocycles. The summed E-state index contributed by atoms with van der Waals surface area (Å²) in [6.07, 6.45) is 2.13. The summed E-state index contributed by atoms with van der Waals surface area (Å²) in [6, 6.07) is 6.00. The maximum Gasteiger partial charge on any atom is 0.298 e. The van der Waals surface area contributed by atoms with Crippen LogP contribution in [0, 0.1) is 0 Å². The number of primary amides is 1. The zero-order valence-electron chi connectivity index (χ0n) is 11.3. The predicted molar refractivity (Wildman–Crippen MR) is 74.8 cm³/mol. The summed E-state index contributed by atoms with van der Waals surface area (Å²) in [5.74, 6) is -0.495. The summed E-state index contributed by atoms with van der Waals surface area (Å²) in [5, 5.41) is 0. The molecule has 2 N–H and O–H groups in total. The molecular weight excluding hydrogens is 258 g/mol. The molecule has 1 atom stereocenters. The van der Waals surface area contributed by atoms with E-state index in [1.165, 1.54) is 0 Å². The van der Waals surface area contributed by atoms with Crippen molar-refractivity contribution in [1.82, 2.24) is 4.98 Å². The third-order valence-corrected chi connectivity index (χ3v) is 3.66. The van der Waals surface area contributed by atoms with Crippen molar-refractivity contribution in [3.63, 3.8) is 0 Å². The molecule has 1 aromatic heterocycles. The Morgan fingerprint density at radius 1 is 1.60 bits per heavy atom. The predicted octanol–water partition coefficient (Wildman–Crippen LogP) is 1.54. The molecule has 0 bridgehead atoms. The van der Waals surface area contributed by atoms with E-state index >= 15 is 0 Å². The molecule has 0 aliphatic carbocycles. The SMILES string of the molecule is COCC1CCCN1c1nc2c(C(N)=O)cccc2o1. The lowest BCUT2D eigenvalue weighted by molar-refractivity contribution is 0.100. The largest absolute Gasteiger partial charge is 0.423 e. The smallest absolute Gasteiger partial charge is 0.298 e. The van der Waals surface area contributed by atoms with E-state index in [4.69, 9.17) is 14.9 Å². The summed E-state index contributed by atoms with van der Waals surface area (Å²) in [4.78, 5) is 18.0. The minimum Gasteiger partial charge on any atom is -0.423 e. The van der Waals surface area contributed by atoms with Gasteiger partial charge < -0.3 is 19.8 Å². The zero-order valence-corrected chi connectivity index (χ0v) is 11.3. The molecule has 1 fully saturated rings. The molecule has 106 valence electrons. The highest BCUT2D eigenvalue weighted by Crippen LogP contribution is 2.29. The van der Waals surface area contributed by atoms with Gasteiger partial charge in [-0.3, -0.25) is 4.79 Å². The lowest BCUT2D eigenvalue weighted by Gasteiger charge is -2.21. The van der Waals surface area contributed by atoms with Crippen molar-refractivity contribution in [2.45, 2.75) is 18.9 Å². The van der Waals surface area contributed by atoms with Crippen molar-refractivity contribution in [2.24, 2.45) is 5.73 Å². The maximum atomic E-state index is 11.4. The second-order valence-corrected chi connectivity index (χ2v) is 4.96. The maximum absolute atomic E-state index is 11.4. The first-order valence-electron chi connectivity index (χ1n) is 6.65. The fourth-order valence-corrected chi connectivity index (χ4v) is 2.71. The Balaban J connectivity index is 2.00. The average molecular weight is 275 g/mol. The number of anilines is 1. The normalized spacial score (nSPS) is 18.9. The van der Waals surface area contributed by atoms with Crippen LogP contribution in [0.3, 0.4) is 0 Å². The van der Waals surface area contributed by atoms with Gasteiger partial charge in [0.2, 0.25) is 0 Å². The van der Waals surface area contributed by atoms with Gasteiger partial charge in [0, 0.05) is 13.7 Å².